The Labute approximate surface area is 166 Å². The molecule has 7 heteroatoms. The maximum absolute atomic E-state index is 13.9. The molecule has 0 aliphatic rings. The van der Waals surface area contributed by atoms with Gasteiger partial charge in [0.25, 0.3) is 5.91 Å². The maximum Gasteiger partial charge on any atom is 0.257 e. The van der Waals surface area contributed by atoms with E-state index in [4.69, 9.17) is 4.74 Å². The fourth-order valence-corrected chi connectivity index (χ4v) is 3.30. The van der Waals surface area contributed by atoms with Gasteiger partial charge in [-0.2, -0.15) is 0 Å². The Kier molecular flexibility index (Phi) is 6.71. The number of thiazole rings is 1. The molecule has 3 aromatic rings. The summed E-state index contributed by atoms with van der Waals surface area (Å²) < 4.78 is 32.6. The fourth-order valence-electron chi connectivity index (χ4n) is 2.59. The smallest absolute Gasteiger partial charge is 0.257 e. The van der Waals surface area contributed by atoms with Gasteiger partial charge in [0, 0.05) is 22.6 Å². The summed E-state index contributed by atoms with van der Waals surface area (Å²) in [6.07, 6.45) is 3.18. The van der Waals surface area contributed by atoms with Gasteiger partial charge in [0.05, 0.1) is 12.3 Å². The summed E-state index contributed by atoms with van der Waals surface area (Å²) in [6.45, 7) is 2.73. The number of rotatable bonds is 8. The molecule has 0 saturated heterocycles. The molecule has 0 radical (unpaired) electrons. The van der Waals surface area contributed by atoms with Gasteiger partial charge in [-0.3, -0.25) is 10.1 Å². The summed E-state index contributed by atoms with van der Waals surface area (Å²) in [7, 11) is 0. The van der Waals surface area contributed by atoms with Gasteiger partial charge in [0.15, 0.2) is 5.13 Å². The molecule has 146 valence electrons. The monoisotopic (exact) mass is 402 g/mol. The summed E-state index contributed by atoms with van der Waals surface area (Å²) in [5.74, 6) is -1.05. The second kappa shape index (κ2) is 9.41. The number of nitrogens with one attached hydrogen (secondary N) is 1. The van der Waals surface area contributed by atoms with Crippen LogP contribution in [-0.4, -0.2) is 17.5 Å². The van der Waals surface area contributed by atoms with E-state index in [1.165, 1.54) is 23.5 Å². The lowest BCUT2D eigenvalue weighted by atomic mass is 10.1. The topological polar surface area (TPSA) is 51.2 Å². The number of anilines is 1. The fraction of sp³-hybridized carbons (Fsp3) is 0.238. The Bertz CT molecular complexity index is 959. The molecule has 1 aromatic heterocycles. The highest BCUT2D eigenvalue weighted by Crippen LogP contribution is 2.28. The molecule has 0 unspecified atom stereocenters. The third-order valence-corrected chi connectivity index (χ3v) is 4.80. The van der Waals surface area contributed by atoms with Crippen LogP contribution in [0, 0.1) is 11.6 Å². The second-order valence-corrected chi connectivity index (χ2v) is 7.06. The minimum Gasteiger partial charge on any atom is -0.494 e. The van der Waals surface area contributed by atoms with Gasteiger partial charge in [-0.25, -0.2) is 13.8 Å². The van der Waals surface area contributed by atoms with Crippen molar-refractivity contribution in [2.24, 2.45) is 0 Å². The quantitative estimate of drug-likeness (QED) is 0.477. The van der Waals surface area contributed by atoms with E-state index in [1.807, 2.05) is 6.07 Å². The van der Waals surface area contributed by atoms with Gasteiger partial charge in [-0.15, -0.1) is 11.3 Å². The van der Waals surface area contributed by atoms with Gasteiger partial charge in [0.1, 0.15) is 17.4 Å². The highest BCUT2D eigenvalue weighted by atomic mass is 32.1. The Morgan fingerprint density at radius 1 is 1.18 bits per heavy atom. The van der Waals surface area contributed by atoms with Gasteiger partial charge in [-0.1, -0.05) is 25.8 Å². The lowest BCUT2D eigenvalue weighted by Crippen LogP contribution is -2.12. The summed E-state index contributed by atoms with van der Waals surface area (Å²) in [5, 5.41) is 4.64. The van der Waals surface area contributed by atoms with Gasteiger partial charge >= 0.3 is 0 Å². The van der Waals surface area contributed by atoms with Crippen molar-refractivity contribution in [3.05, 3.63) is 65.0 Å². The van der Waals surface area contributed by atoms with Crippen molar-refractivity contribution in [3.8, 4) is 17.0 Å². The minimum absolute atomic E-state index is 0.181. The van der Waals surface area contributed by atoms with Crippen LogP contribution in [0.3, 0.4) is 0 Å². The Hall–Kier alpha value is -2.80. The molecule has 4 nitrogen and oxygen atoms in total. The van der Waals surface area contributed by atoms with Crippen LogP contribution in [0.2, 0.25) is 0 Å². The number of carbonyl (C=O) groups excluding carboxylic acids is 1. The first-order valence-corrected chi connectivity index (χ1v) is 9.90. The van der Waals surface area contributed by atoms with Crippen LogP contribution in [0.15, 0.2) is 47.8 Å². The molecule has 1 amide bonds. The number of amides is 1. The molecule has 1 heterocycles. The summed E-state index contributed by atoms with van der Waals surface area (Å²) in [6, 6.07) is 10.2. The van der Waals surface area contributed by atoms with E-state index >= 15 is 0 Å². The number of nitrogens with zero attached hydrogens (tertiary/aromatic N) is 1. The molecule has 0 bridgehead atoms. The van der Waals surface area contributed by atoms with Gasteiger partial charge in [-0.05, 0) is 36.8 Å². The van der Waals surface area contributed by atoms with Gasteiger partial charge in [0.2, 0.25) is 0 Å². The van der Waals surface area contributed by atoms with Crippen molar-refractivity contribution < 1.29 is 18.3 Å². The second-order valence-electron chi connectivity index (χ2n) is 6.20. The van der Waals surface area contributed by atoms with E-state index in [0.717, 1.165) is 25.3 Å². The maximum atomic E-state index is 13.9. The molecule has 1 N–H and O–H groups in total. The summed E-state index contributed by atoms with van der Waals surface area (Å²) >= 11 is 1.17. The molecular formula is C21H20F2N2O2S. The molecule has 0 aliphatic carbocycles. The van der Waals surface area contributed by atoms with Crippen molar-refractivity contribution in [1.29, 1.82) is 0 Å². The van der Waals surface area contributed by atoms with E-state index in [-0.39, 0.29) is 11.5 Å². The van der Waals surface area contributed by atoms with Crippen molar-refractivity contribution in [2.45, 2.75) is 26.2 Å². The van der Waals surface area contributed by atoms with Crippen molar-refractivity contribution in [2.75, 3.05) is 11.9 Å². The standard InChI is InChI=1S/C21H20F2N2O2S/c1-2-3-4-10-27-16-7-5-6-14(11-16)20(26)25-21-24-19(13-28-21)17-9-8-15(22)12-18(17)23/h5-9,11-13H,2-4,10H2,1H3,(H,24,25,26). The zero-order valence-electron chi connectivity index (χ0n) is 15.4. The summed E-state index contributed by atoms with van der Waals surface area (Å²) in [5.41, 5.74) is 0.962. The first-order chi connectivity index (χ1) is 13.6. The highest BCUT2D eigenvalue weighted by Gasteiger charge is 2.13. The zero-order valence-corrected chi connectivity index (χ0v) is 16.2. The highest BCUT2D eigenvalue weighted by molar-refractivity contribution is 7.14. The van der Waals surface area contributed by atoms with Crippen LogP contribution in [0.25, 0.3) is 11.3 Å². The molecule has 0 atom stereocenters. The number of ether oxygens (including phenoxy) is 1. The lowest BCUT2D eigenvalue weighted by Gasteiger charge is -2.07. The predicted octanol–water partition coefficient (Wildman–Crippen LogP) is 5.91. The molecule has 3 rings (SSSR count). The van der Waals surface area contributed by atoms with Crippen LogP contribution in [0.4, 0.5) is 13.9 Å². The lowest BCUT2D eigenvalue weighted by molar-refractivity contribution is 0.102. The van der Waals surface area contributed by atoms with E-state index in [2.05, 4.69) is 17.2 Å². The van der Waals surface area contributed by atoms with E-state index in [9.17, 15) is 13.6 Å². The molecule has 28 heavy (non-hydrogen) atoms. The van der Waals surface area contributed by atoms with Crippen molar-refractivity contribution in [1.82, 2.24) is 4.98 Å². The van der Waals surface area contributed by atoms with Crippen LogP contribution in [-0.2, 0) is 0 Å². The van der Waals surface area contributed by atoms with E-state index in [0.29, 0.717) is 28.7 Å². The van der Waals surface area contributed by atoms with Crippen molar-refractivity contribution in [3.63, 3.8) is 0 Å². The average Bonchev–Trinajstić information content (AvgIpc) is 3.13. The van der Waals surface area contributed by atoms with Gasteiger partial charge < -0.3 is 4.74 Å². The molecule has 0 aliphatic heterocycles. The molecule has 2 aromatic carbocycles. The predicted molar refractivity (Wildman–Crippen MR) is 107 cm³/mol. The molecule has 0 spiro atoms. The van der Waals surface area contributed by atoms with E-state index in [1.54, 1.807) is 23.6 Å². The number of carbonyl (C=O) groups is 1. The first-order valence-electron chi connectivity index (χ1n) is 9.02. The Morgan fingerprint density at radius 3 is 2.82 bits per heavy atom. The Morgan fingerprint density at radius 2 is 2.04 bits per heavy atom. The number of hydrogen-bond donors (Lipinski definition) is 1. The third kappa shape index (κ3) is 5.13. The molecule has 0 saturated carbocycles. The minimum atomic E-state index is -0.698. The van der Waals surface area contributed by atoms with Crippen LogP contribution < -0.4 is 10.1 Å². The van der Waals surface area contributed by atoms with E-state index < -0.39 is 11.6 Å². The normalized spacial score (nSPS) is 10.7. The number of benzene rings is 2. The summed E-state index contributed by atoms with van der Waals surface area (Å²) in [4.78, 5) is 16.7. The first kappa shape index (κ1) is 19.9. The zero-order chi connectivity index (χ0) is 19.9. The number of halogens is 2. The van der Waals surface area contributed by atoms with Crippen LogP contribution >= 0.6 is 11.3 Å². The van der Waals surface area contributed by atoms with Crippen LogP contribution in [0.5, 0.6) is 5.75 Å². The largest absolute Gasteiger partial charge is 0.494 e. The third-order valence-electron chi connectivity index (χ3n) is 4.04. The number of aromatic nitrogens is 1. The number of unbranched alkanes of at least 4 members (excludes halogenated alkanes) is 2. The molecule has 0 fully saturated rings. The van der Waals surface area contributed by atoms with Crippen LogP contribution in [0.1, 0.15) is 36.5 Å². The number of hydrogen-bond acceptors (Lipinski definition) is 4. The SMILES string of the molecule is CCCCCOc1cccc(C(=O)Nc2nc(-c3ccc(F)cc3F)cs2)c1. The molecular weight excluding hydrogens is 382 g/mol. The average molecular weight is 402 g/mol. The van der Waals surface area contributed by atoms with Crippen molar-refractivity contribution >= 4 is 22.4 Å². The Balaban J connectivity index is 1.66.